The molecule has 8 nitrogen and oxygen atoms in total. The van der Waals surface area contributed by atoms with Crippen LogP contribution in [0.15, 0.2) is 54.6 Å². The van der Waals surface area contributed by atoms with E-state index >= 15 is 0 Å². The summed E-state index contributed by atoms with van der Waals surface area (Å²) in [6.45, 7) is 7.00. The first-order chi connectivity index (χ1) is 16.4. The summed E-state index contributed by atoms with van der Waals surface area (Å²) in [6, 6.07) is 16.2. The molecule has 1 aliphatic rings. The average molecular weight is 464 g/mol. The smallest absolute Gasteiger partial charge is 0.247 e. The summed E-state index contributed by atoms with van der Waals surface area (Å²) >= 11 is 0. The summed E-state index contributed by atoms with van der Waals surface area (Å²) in [5.41, 5.74) is 1.87. The highest BCUT2D eigenvalue weighted by molar-refractivity contribution is 5.89. The minimum Gasteiger partial charge on any atom is -0.376 e. The molecule has 1 aliphatic heterocycles. The Balaban J connectivity index is 1.69. The Morgan fingerprint density at radius 1 is 1.18 bits per heavy atom. The first-order valence-corrected chi connectivity index (χ1v) is 11.9. The number of benzene rings is 2. The standard InChI is InChI=1S/C26H33N5O3/c1-4-26(2,3)27-25(33)24(19-11-6-5-7-12-19)30(17-20-13-10-16-34-20)23(32)18-31-22-15-9-8-14-21(22)28-29-31/h5-9,11-12,14-15,20,24H,4,10,13,16-18H2,1-3H3,(H,27,33)/t20-,24+/m0/s1. The largest absolute Gasteiger partial charge is 0.376 e. The van der Waals surface area contributed by atoms with Crippen LogP contribution in [0.2, 0.25) is 0 Å². The molecule has 2 aromatic carbocycles. The number of carbonyl (C=O) groups excluding carboxylic acids is 2. The van der Waals surface area contributed by atoms with Gasteiger partial charge >= 0.3 is 0 Å². The Kier molecular flexibility index (Phi) is 7.26. The zero-order chi connectivity index (χ0) is 24.1. The van der Waals surface area contributed by atoms with E-state index in [4.69, 9.17) is 4.74 Å². The number of carbonyl (C=O) groups is 2. The van der Waals surface area contributed by atoms with E-state index in [2.05, 4.69) is 15.6 Å². The molecule has 8 heteroatoms. The molecule has 34 heavy (non-hydrogen) atoms. The topological polar surface area (TPSA) is 89.4 Å². The molecule has 0 bridgehead atoms. The molecule has 180 valence electrons. The Labute approximate surface area is 200 Å². The van der Waals surface area contributed by atoms with Crippen molar-refractivity contribution in [2.75, 3.05) is 13.2 Å². The van der Waals surface area contributed by atoms with Crippen LogP contribution < -0.4 is 5.32 Å². The minimum atomic E-state index is -0.779. The summed E-state index contributed by atoms with van der Waals surface area (Å²) in [4.78, 5) is 29.1. The molecule has 0 saturated carbocycles. The van der Waals surface area contributed by atoms with Gasteiger partial charge in [0.2, 0.25) is 11.8 Å². The number of aromatic nitrogens is 3. The number of para-hydroxylation sites is 1. The second-order valence-electron chi connectivity index (χ2n) is 9.46. The van der Waals surface area contributed by atoms with E-state index in [0.29, 0.717) is 13.2 Å². The molecule has 1 N–H and O–H groups in total. The fraction of sp³-hybridized carbons (Fsp3) is 0.462. The van der Waals surface area contributed by atoms with Gasteiger partial charge in [0.25, 0.3) is 0 Å². The van der Waals surface area contributed by atoms with Gasteiger partial charge in [-0.2, -0.15) is 0 Å². The molecule has 0 unspecified atom stereocenters. The Bertz CT molecular complexity index is 1120. The van der Waals surface area contributed by atoms with Crippen LogP contribution in [0.1, 0.15) is 51.6 Å². The molecular formula is C26H33N5O3. The van der Waals surface area contributed by atoms with Gasteiger partial charge in [0.05, 0.1) is 11.6 Å². The number of rotatable bonds is 9. The second-order valence-corrected chi connectivity index (χ2v) is 9.46. The van der Waals surface area contributed by atoms with Gasteiger partial charge in [-0.1, -0.05) is 54.6 Å². The lowest BCUT2D eigenvalue weighted by Crippen LogP contribution is -2.52. The lowest BCUT2D eigenvalue weighted by molar-refractivity contribution is -0.144. The molecule has 1 saturated heterocycles. The summed E-state index contributed by atoms with van der Waals surface area (Å²) in [5.74, 6) is -0.405. The van der Waals surface area contributed by atoms with Crippen LogP contribution in [0, 0.1) is 0 Å². The van der Waals surface area contributed by atoms with Gasteiger partial charge in [0, 0.05) is 18.7 Å². The fourth-order valence-electron chi connectivity index (χ4n) is 4.21. The van der Waals surface area contributed by atoms with Gasteiger partial charge in [-0.15, -0.1) is 5.10 Å². The van der Waals surface area contributed by atoms with E-state index < -0.39 is 11.6 Å². The Morgan fingerprint density at radius 3 is 2.62 bits per heavy atom. The molecule has 2 amide bonds. The predicted octanol–water partition coefficient (Wildman–Crippen LogP) is 3.49. The zero-order valence-electron chi connectivity index (χ0n) is 20.1. The molecule has 2 heterocycles. The molecule has 0 spiro atoms. The van der Waals surface area contributed by atoms with Gasteiger partial charge < -0.3 is 15.0 Å². The monoisotopic (exact) mass is 463 g/mol. The van der Waals surface area contributed by atoms with Crippen LogP contribution in [0.4, 0.5) is 0 Å². The van der Waals surface area contributed by atoms with Crippen molar-refractivity contribution in [1.82, 2.24) is 25.2 Å². The van der Waals surface area contributed by atoms with Crippen LogP contribution in [0.25, 0.3) is 11.0 Å². The summed E-state index contributed by atoms with van der Waals surface area (Å²) < 4.78 is 7.46. The van der Waals surface area contributed by atoms with Gasteiger partial charge in [-0.3, -0.25) is 9.59 Å². The lowest BCUT2D eigenvalue weighted by atomic mass is 9.98. The maximum absolute atomic E-state index is 13.8. The number of nitrogens with zero attached hydrogens (tertiary/aromatic N) is 4. The van der Waals surface area contributed by atoms with E-state index in [0.717, 1.165) is 35.9 Å². The van der Waals surface area contributed by atoms with E-state index in [-0.39, 0.29) is 24.5 Å². The summed E-state index contributed by atoms with van der Waals surface area (Å²) in [7, 11) is 0. The molecule has 1 aromatic heterocycles. The minimum absolute atomic E-state index is 0.0129. The highest BCUT2D eigenvalue weighted by Crippen LogP contribution is 2.26. The maximum atomic E-state index is 13.8. The number of hydrogen-bond acceptors (Lipinski definition) is 5. The number of fused-ring (bicyclic) bond motifs is 1. The SMILES string of the molecule is CCC(C)(C)NC(=O)[C@@H](c1ccccc1)N(C[C@@H]1CCCO1)C(=O)Cn1nnc2ccccc21. The normalized spacial score (nSPS) is 17.0. The van der Waals surface area contributed by atoms with Crippen molar-refractivity contribution in [1.29, 1.82) is 0 Å². The highest BCUT2D eigenvalue weighted by atomic mass is 16.5. The quantitative estimate of drug-likeness (QED) is 0.525. The van der Waals surface area contributed by atoms with Gasteiger partial charge in [-0.25, -0.2) is 4.68 Å². The molecule has 0 aliphatic carbocycles. The van der Waals surface area contributed by atoms with Crippen LogP contribution in [-0.2, 0) is 20.9 Å². The molecular weight excluding hydrogens is 430 g/mol. The van der Waals surface area contributed by atoms with Crippen molar-refractivity contribution in [3.63, 3.8) is 0 Å². The van der Waals surface area contributed by atoms with E-state index in [1.807, 2.05) is 75.4 Å². The third kappa shape index (κ3) is 5.44. The van der Waals surface area contributed by atoms with Crippen molar-refractivity contribution in [3.8, 4) is 0 Å². The fourth-order valence-corrected chi connectivity index (χ4v) is 4.21. The molecule has 0 radical (unpaired) electrons. The Morgan fingerprint density at radius 2 is 1.91 bits per heavy atom. The van der Waals surface area contributed by atoms with Gasteiger partial charge in [0.1, 0.15) is 18.1 Å². The summed E-state index contributed by atoms with van der Waals surface area (Å²) in [6.07, 6.45) is 2.48. The average Bonchev–Trinajstić information content (AvgIpc) is 3.49. The molecule has 4 rings (SSSR count). The van der Waals surface area contributed by atoms with Crippen molar-refractivity contribution in [2.24, 2.45) is 0 Å². The van der Waals surface area contributed by atoms with Crippen molar-refractivity contribution >= 4 is 22.8 Å². The van der Waals surface area contributed by atoms with Crippen LogP contribution in [-0.4, -0.2) is 56.5 Å². The van der Waals surface area contributed by atoms with Crippen molar-refractivity contribution < 1.29 is 14.3 Å². The van der Waals surface area contributed by atoms with Crippen LogP contribution in [0.3, 0.4) is 0 Å². The molecule has 2 atom stereocenters. The Hall–Kier alpha value is -3.26. The van der Waals surface area contributed by atoms with Gasteiger partial charge in [0.15, 0.2) is 0 Å². The third-order valence-electron chi connectivity index (χ3n) is 6.47. The van der Waals surface area contributed by atoms with Crippen molar-refractivity contribution in [2.45, 2.75) is 64.3 Å². The van der Waals surface area contributed by atoms with Crippen molar-refractivity contribution in [3.05, 3.63) is 60.2 Å². The number of hydrogen-bond donors (Lipinski definition) is 1. The van der Waals surface area contributed by atoms with Gasteiger partial charge in [-0.05, 0) is 50.8 Å². The second kappa shape index (κ2) is 10.3. The first-order valence-electron chi connectivity index (χ1n) is 11.9. The summed E-state index contributed by atoms with van der Waals surface area (Å²) in [5, 5.41) is 11.5. The highest BCUT2D eigenvalue weighted by Gasteiger charge is 2.36. The number of ether oxygens (including phenoxy) is 1. The number of amides is 2. The third-order valence-corrected chi connectivity index (χ3v) is 6.47. The first kappa shape index (κ1) is 23.9. The molecule has 3 aromatic rings. The van der Waals surface area contributed by atoms with E-state index in [9.17, 15) is 9.59 Å². The maximum Gasteiger partial charge on any atom is 0.247 e. The van der Waals surface area contributed by atoms with E-state index in [1.54, 1.807) is 9.58 Å². The zero-order valence-corrected chi connectivity index (χ0v) is 20.1. The van der Waals surface area contributed by atoms with Crippen LogP contribution in [0.5, 0.6) is 0 Å². The molecule has 1 fully saturated rings. The van der Waals surface area contributed by atoms with Crippen LogP contribution >= 0.6 is 0 Å². The number of nitrogens with one attached hydrogen (secondary N) is 1. The predicted molar refractivity (Wildman–Crippen MR) is 130 cm³/mol. The van der Waals surface area contributed by atoms with E-state index in [1.165, 1.54) is 0 Å². The lowest BCUT2D eigenvalue weighted by Gasteiger charge is -2.35.